The van der Waals surface area contributed by atoms with Gasteiger partial charge in [0, 0.05) is 24.1 Å². The lowest BCUT2D eigenvalue weighted by molar-refractivity contribution is -0.384. The highest BCUT2D eigenvalue weighted by Crippen LogP contribution is 2.27. The smallest absolute Gasteiger partial charge is 0.271 e. The van der Waals surface area contributed by atoms with Crippen LogP contribution in [0.2, 0.25) is 0 Å². The molecule has 0 saturated heterocycles. The lowest BCUT2D eigenvalue weighted by Crippen LogP contribution is -1.99. The van der Waals surface area contributed by atoms with E-state index in [0.29, 0.717) is 11.4 Å². The number of nitrogens with one attached hydrogen (secondary N) is 1. The van der Waals surface area contributed by atoms with Crippen LogP contribution in [0.3, 0.4) is 0 Å². The third-order valence-electron chi connectivity index (χ3n) is 2.81. The van der Waals surface area contributed by atoms with E-state index >= 15 is 0 Å². The fraction of sp³-hybridized carbons (Fsp3) is 0.0769. The molecule has 21 heavy (non-hydrogen) atoms. The first-order valence-electron chi connectivity index (χ1n) is 5.88. The van der Waals surface area contributed by atoms with Gasteiger partial charge >= 0.3 is 0 Å². The molecular weight excluding hydrogens is 294 g/mol. The second-order valence-electron chi connectivity index (χ2n) is 4.45. The normalized spacial score (nSPS) is 11.1. The van der Waals surface area contributed by atoms with Crippen molar-refractivity contribution in [3.05, 3.63) is 52.6 Å². The van der Waals surface area contributed by atoms with Crippen molar-refractivity contribution in [1.29, 1.82) is 0 Å². The Hall–Kier alpha value is -2.61. The zero-order valence-electron chi connectivity index (χ0n) is 11.1. The number of non-ortho nitro benzene ring substituents is 1. The van der Waals surface area contributed by atoms with Gasteiger partial charge in [-0.15, -0.1) is 0 Å². The molecule has 0 radical (unpaired) electrons. The first kappa shape index (κ1) is 14.8. The summed E-state index contributed by atoms with van der Waals surface area (Å²) in [4.78, 5) is 10.3. The van der Waals surface area contributed by atoms with Crippen molar-refractivity contribution < 1.29 is 13.3 Å². The Bertz CT molecular complexity index is 786. The molecule has 0 fully saturated rings. The molecule has 0 atom stereocenters. The van der Waals surface area contributed by atoms with Crippen LogP contribution in [0, 0.1) is 10.1 Å². The van der Waals surface area contributed by atoms with Gasteiger partial charge in [-0.2, -0.15) is 0 Å². The van der Waals surface area contributed by atoms with Gasteiger partial charge < -0.3 is 11.1 Å². The largest absolute Gasteiger partial charge is 0.397 e. The summed E-state index contributed by atoms with van der Waals surface area (Å²) in [5, 5.41) is 13.6. The molecule has 8 heteroatoms. The van der Waals surface area contributed by atoms with E-state index in [-0.39, 0.29) is 16.3 Å². The SMILES string of the molecule is CS(=O)(=O)c1ccc(Nc2ccc([N+](=O)[O-])cc2N)cc1. The Morgan fingerprint density at radius 3 is 2.24 bits per heavy atom. The van der Waals surface area contributed by atoms with Crippen LogP contribution in [0.25, 0.3) is 0 Å². The Morgan fingerprint density at radius 2 is 1.76 bits per heavy atom. The van der Waals surface area contributed by atoms with E-state index < -0.39 is 14.8 Å². The lowest BCUT2D eigenvalue weighted by atomic mass is 10.2. The molecule has 0 saturated carbocycles. The van der Waals surface area contributed by atoms with Gasteiger partial charge in [0.15, 0.2) is 9.84 Å². The fourth-order valence-electron chi connectivity index (χ4n) is 1.72. The monoisotopic (exact) mass is 307 g/mol. The van der Waals surface area contributed by atoms with E-state index in [1.807, 2.05) is 0 Å². The summed E-state index contributed by atoms with van der Waals surface area (Å²) in [6.07, 6.45) is 1.13. The van der Waals surface area contributed by atoms with Crippen molar-refractivity contribution in [3.8, 4) is 0 Å². The molecular formula is C13H13N3O4S. The van der Waals surface area contributed by atoms with Gasteiger partial charge in [0.2, 0.25) is 0 Å². The number of nitrogens with zero attached hydrogens (tertiary/aromatic N) is 1. The second-order valence-corrected chi connectivity index (χ2v) is 6.47. The van der Waals surface area contributed by atoms with Gasteiger partial charge in [0.25, 0.3) is 5.69 Å². The number of nitrogens with two attached hydrogens (primary N) is 1. The standard InChI is InChI=1S/C13H13N3O4S/c1-21(19,20)11-5-2-9(3-6-11)15-13-7-4-10(16(17)18)8-12(13)14/h2-8,15H,14H2,1H3. The first-order chi connectivity index (χ1) is 9.77. The summed E-state index contributed by atoms with van der Waals surface area (Å²) in [6, 6.07) is 10.2. The summed E-state index contributed by atoms with van der Waals surface area (Å²) >= 11 is 0. The molecule has 0 unspecified atom stereocenters. The summed E-state index contributed by atoms with van der Waals surface area (Å²) in [7, 11) is -3.24. The first-order valence-corrected chi connectivity index (χ1v) is 7.77. The molecule has 0 amide bonds. The maximum absolute atomic E-state index is 11.4. The van der Waals surface area contributed by atoms with E-state index in [2.05, 4.69) is 5.32 Å². The molecule has 7 nitrogen and oxygen atoms in total. The molecule has 0 aromatic heterocycles. The minimum atomic E-state index is -3.24. The van der Waals surface area contributed by atoms with Crippen LogP contribution in [0.4, 0.5) is 22.7 Å². The summed E-state index contributed by atoms with van der Waals surface area (Å²) in [5.41, 5.74) is 7.02. The zero-order chi connectivity index (χ0) is 15.6. The predicted octanol–water partition coefficient (Wildman–Crippen LogP) is 2.32. The molecule has 0 aliphatic carbocycles. The summed E-state index contributed by atoms with van der Waals surface area (Å²) in [6.45, 7) is 0. The van der Waals surface area contributed by atoms with Gasteiger partial charge in [0.05, 0.1) is 21.2 Å². The molecule has 110 valence electrons. The topological polar surface area (TPSA) is 115 Å². The van der Waals surface area contributed by atoms with Crippen molar-refractivity contribution in [1.82, 2.24) is 0 Å². The quantitative estimate of drug-likeness (QED) is 0.509. The minimum absolute atomic E-state index is 0.0922. The molecule has 0 heterocycles. The number of rotatable bonds is 4. The van der Waals surface area contributed by atoms with Gasteiger partial charge in [0.1, 0.15) is 0 Å². The highest BCUT2D eigenvalue weighted by atomic mass is 32.2. The van der Waals surface area contributed by atoms with Gasteiger partial charge in [-0.25, -0.2) is 8.42 Å². The highest BCUT2D eigenvalue weighted by molar-refractivity contribution is 7.90. The van der Waals surface area contributed by atoms with Crippen LogP contribution < -0.4 is 11.1 Å². The van der Waals surface area contributed by atoms with Crippen LogP contribution in [0.1, 0.15) is 0 Å². The number of nitro benzene ring substituents is 1. The van der Waals surface area contributed by atoms with Crippen molar-refractivity contribution in [2.24, 2.45) is 0 Å². The summed E-state index contributed by atoms with van der Waals surface area (Å²) in [5.74, 6) is 0. The number of nitro groups is 1. The highest BCUT2D eigenvalue weighted by Gasteiger charge is 2.10. The molecule has 0 bridgehead atoms. The van der Waals surface area contributed by atoms with Crippen molar-refractivity contribution in [3.63, 3.8) is 0 Å². The molecule has 2 rings (SSSR count). The Morgan fingerprint density at radius 1 is 1.14 bits per heavy atom. The number of benzene rings is 2. The van der Waals surface area contributed by atoms with Crippen molar-refractivity contribution in [2.45, 2.75) is 4.90 Å². The minimum Gasteiger partial charge on any atom is -0.397 e. The van der Waals surface area contributed by atoms with E-state index in [4.69, 9.17) is 5.73 Å². The van der Waals surface area contributed by atoms with Crippen molar-refractivity contribution >= 4 is 32.6 Å². The van der Waals surface area contributed by atoms with Crippen LogP contribution in [0.5, 0.6) is 0 Å². The van der Waals surface area contributed by atoms with E-state index in [1.165, 1.54) is 30.3 Å². The van der Waals surface area contributed by atoms with Gasteiger partial charge in [-0.05, 0) is 30.3 Å². The second kappa shape index (κ2) is 5.41. The third kappa shape index (κ3) is 3.48. The zero-order valence-corrected chi connectivity index (χ0v) is 11.9. The van der Waals surface area contributed by atoms with Gasteiger partial charge in [-0.3, -0.25) is 10.1 Å². The van der Waals surface area contributed by atoms with E-state index in [9.17, 15) is 18.5 Å². The van der Waals surface area contributed by atoms with Crippen molar-refractivity contribution in [2.75, 3.05) is 17.3 Å². The molecule has 3 N–H and O–H groups in total. The number of sulfone groups is 1. The van der Waals surface area contributed by atoms with E-state index in [0.717, 1.165) is 6.26 Å². The maximum Gasteiger partial charge on any atom is 0.271 e. The van der Waals surface area contributed by atoms with Crippen LogP contribution in [-0.2, 0) is 9.84 Å². The Balaban J connectivity index is 2.24. The van der Waals surface area contributed by atoms with Gasteiger partial charge in [-0.1, -0.05) is 0 Å². The number of hydrogen-bond donors (Lipinski definition) is 2. The number of nitrogen functional groups attached to an aromatic ring is 1. The average molecular weight is 307 g/mol. The molecule has 2 aromatic carbocycles. The predicted molar refractivity (Wildman–Crippen MR) is 80.3 cm³/mol. The average Bonchev–Trinajstić information content (AvgIpc) is 2.40. The van der Waals surface area contributed by atoms with Crippen LogP contribution in [-0.4, -0.2) is 19.6 Å². The van der Waals surface area contributed by atoms with Crippen LogP contribution >= 0.6 is 0 Å². The summed E-state index contributed by atoms with van der Waals surface area (Å²) < 4.78 is 22.7. The Kier molecular flexibility index (Phi) is 3.81. The molecule has 0 aliphatic rings. The molecule has 2 aromatic rings. The van der Waals surface area contributed by atoms with Crippen LogP contribution in [0.15, 0.2) is 47.4 Å². The van der Waals surface area contributed by atoms with E-state index in [1.54, 1.807) is 12.1 Å². The molecule has 0 aliphatic heterocycles. The lowest BCUT2D eigenvalue weighted by Gasteiger charge is -2.09. The maximum atomic E-state index is 11.4. The fourth-order valence-corrected chi connectivity index (χ4v) is 2.35. The molecule has 0 spiro atoms. The Labute approximate surface area is 121 Å². The number of hydrogen-bond acceptors (Lipinski definition) is 6. The number of anilines is 3. The third-order valence-corrected chi connectivity index (χ3v) is 3.94.